The van der Waals surface area contributed by atoms with E-state index in [-0.39, 0.29) is 25.7 Å². The second-order valence-corrected chi connectivity index (χ2v) is 29.9. The zero-order valence-electron chi connectivity index (χ0n) is 65.4. The Balaban J connectivity index is 5.44. The smallest absolute Gasteiger partial charge is 0.462 e. The summed E-state index contributed by atoms with van der Waals surface area (Å²) in [6.07, 6.45) is 84.7. The summed E-state index contributed by atoms with van der Waals surface area (Å²) in [7, 11) is -9.99. The number of phosphoric ester groups is 2. The van der Waals surface area contributed by atoms with Gasteiger partial charge in [-0.1, -0.05) is 284 Å². The van der Waals surface area contributed by atoms with Crippen molar-refractivity contribution >= 4 is 39.5 Å². The van der Waals surface area contributed by atoms with Gasteiger partial charge in [0.2, 0.25) is 0 Å². The Labute approximate surface area is 632 Å². The van der Waals surface area contributed by atoms with Crippen molar-refractivity contribution in [3.8, 4) is 0 Å². The fraction of sp³-hybridized carbons (Fsp3) is 0.718. The number of carbonyl (C=O) groups is 4. The Morgan fingerprint density at radius 1 is 0.279 bits per heavy atom. The maximum absolute atomic E-state index is 13.1. The Morgan fingerprint density at radius 3 is 0.865 bits per heavy atom. The number of unbranched alkanes of at least 4 members (excludes halogenated alkanes) is 30. The van der Waals surface area contributed by atoms with Crippen LogP contribution < -0.4 is 0 Å². The highest BCUT2D eigenvalue weighted by atomic mass is 31.2. The van der Waals surface area contributed by atoms with Crippen molar-refractivity contribution in [3.05, 3.63) is 122 Å². The van der Waals surface area contributed by atoms with E-state index in [1.54, 1.807) is 0 Å². The number of allylic oxidation sites excluding steroid dienone is 20. The first-order valence-corrected chi connectivity index (χ1v) is 43.8. The molecule has 0 aliphatic heterocycles. The molecule has 0 heterocycles. The molecule has 3 unspecified atom stereocenters. The summed E-state index contributed by atoms with van der Waals surface area (Å²) in [6, 6.07) is 0. The Bertz CT molecular complexity index is 2440. The summed E-state index contributed by atoms with van der Waals surface area (Å²) in [5.74, 6) is -2.29. The number of rotatable bonds is 76. The Morgan fingerprint density at radius 2 is 0.519 bits per heavy atom. The number of phosphoric acid groups is 2. The molecule has 0 aromatic carbocycles. The third-order valence-electron chi connectivity index (χ3n) is 16.9. The quantitative estimate of drug-likeness (QED) is 0.0169. The molecule has 0 bridgehead atoms. The summed E-state index contributed by atoms with van der Waals surface area (Å²) in [5.41, 5.74) is 0. The molecule has 104 heavy (non-hydrogen) atoms. The van der Waals surface area contributed by atoms with Crippen molar-refractivity contribution in [2.75, 3.05) is 39.6 Å². The van der Waals surface area contributed by atoms with Crippen molar-refractivity contribution in [3.63, 3.8) is 0 Å². The Hall–Kier alpha value is -4.54. The second-order valence-electron chi connectivity index (χ2n) is 27.0. The molecular weight excluding hydrogens is 1350 g/mol. The number of carbonyl (C=O) groups excluding carboxylic acids is 4. The molecule has 17 nitrogen and oxygen atoms in total. The maximum atomic E-state index is 13.1. The summed E-state index contributed by atoms with van der Waals surface area (Å²) < 4.78 is 68.6. The summed E-state index contributed by atoms with van der Waals surface area (Å²) in [4.78, 5) is 73.0. The van der Waals surface area contributed by atoms with E-state index in [0.29, 0.717) is 32.1 Å². The number of hydrogen-bond acceptors (Lipinski definition) is 15. The van der Waals surface area contributed by atoms with Crippen LogP contribution in [-0.4, -0.2) is 96.7 Å². The lowest BCUT2D eigenvalue weighted by Crippen LogP contribution is -2.30. The molecular formula is C85H146O17P2. The average Bonchev–Trinajstić information content (AvgIpc) is 0.918. The first-order chi connectivity index (χ1) is 50.7. The number of aliphatic hydroxyl groups excluding tert-OH is 1. The van der Waals surface area contributed by atoms with Crippen LogP contribution in [0.3, 0.4) is 0 Å². The molecule has 0 aliphatic rings. The molecule has 0 saturated heterocycles. The van der Waals surface area contributed by atoms with Gasteiger partial charge in [-0.3, -0.25) is 37.3 Å². The number of esters is 4. The van der Waals surface area contributed by atoms with E-state index < -0.39 is 97.5 Å². The fourth-order valence-corrected chi connectivity index (χ4v) is 12.3. The fourth-order valence-electron chi connectivity index (χ4n) is 10.7. The highest BCUT2D eigenvalue weighted by molar-refractivity contribution is 7.47. The second kappa shape index (κ2) is 76.6. The van der Waals surface area contributed by atoms with Gasteiger partial charge in [0.25, 0.3) is 0 Å². The van der Waals surface area contributed by atoms with Crippen LogP contribution in [0.2, 0.25) is 0 Å². The normalized spacial score (nSPS) is 14.5. The molecule has 0 spiro atoms. The minimum atomic E-state index is -5.00. The molecule has 0 saturated carbocycles. The molecule has 0 aromatic rings. The lowest BCUT2D eigenvalue weighted by Gasteiger charge is -2.21. The van der Waals surface area contributed by atoms with E-state index in [1.165, 1.54) is 96.3 Å². The average molecular weight is 1500 g/mol. The topological polar surface area (TPSA) is 237 Å². The van der Waals surface area contributed by atoms with Gasteiger partial charge in [-0.25, -0.2) is 9.13 Å². The third kappa shape index (κ3) is 75.7. The third-order valence-corrected chi connectivity index (χ3v) is 18.8. The monoisotopic (exact) mass is 1500 g/mol. The zero-order valence-corrected chi connectivity index (χ0v) is 67.2. The van der Waals surface area contributed by atoms with Crippen LogP contribution in [0.5, 0.6) is 0 Å². The van der Waals surface area contributed by atoms with E-state index >= 15 is 0 Å². The van der Waals surface area contributed by atoms with Gasteiger partial charge < -0.3 is 33.8 Å². The van der Waals surface area contributed by atoms with Gasteiger partial charge in [0.1, 0.15) is 19.3 Å². The standard InChI is InChI=1S/C85H146O17P2/c1-5-9-13-17-21-25-29-33-37-38-39-40-44-46-50-54-58-62-66-70-83(88)96-76-81(102-85(90)72-68-64-60-56-52-48-43-36-32-28-24-20-16-12-8-4)78-100-104(93,94)98-74-79(86)73-97-103(91,92)99-77-80(101-84(89)71-67-63-59-55-51-47-42-35-31-27-23-19-15-11-7-3)75-95-82(87)69-65-61-57-53-49-45-41-34-30-26-22-18-14-10-6-2/h9,13,21,24-26,28,30,33,35-37,39-40,42-43,46,50,58,62,79-81,86H,5-8,10-12,14-20,22-23,27,29,31-32,34,38,41,44-45,47-49,51-57,59-61,63-78H2,1-4H3,(H,91,92)(H,93,94)/t79?,80-,81-/m1/s1. The van der Waals surface area contributed by atoms with Crippen LogP contribution in [-0.2, 0) is 65.4 Å². The molecule has 3 N–H and O–H groups in total. The van der Waals surface area contributed by atoms with Crippen LogP contribution in [0.25, 0.3) is 0 Å². The first kappa shape index (κ1) is 99.5. The van der Waals surface area contributed by atoms with Gasteiger partial charge in [0, 0.05) is 25.7 Å². The zero-order chi connectivity index (χ0) is 76.0. The molecule has 0 rings (SSSR count). The predicted molar refractivity (Wildman–Crippen MR) is 427 cm³/mol. The van der Waals surface area contributed by atoms with Gasteiger partial charge in [-0.05, 0) is 148 Å². The lowest BCUT2D eigenvalue weighted by atomic mass is 10.1. The van der Waals surface area contributed by atoms with Crippen LogP contribution in [0.4, 0.5) is 0 Å². The molecule has 0 radical (unpaired) electrons. The van der Waals surface area contributed by atoms with Crippen LogP contribution in [0.15, 0.2) is 122 Å². The van der Waals surface area contributed by atoms with E-state index in [9.17, 15) is 43.2 Å². The van der Waals surface area contributed by atoms with Gasteiger partial charge in [0.15, 0.2) is 12.2 Å². The van der Waals surface area contributed by atoms with Gasteiger partial charge in [-0.15, -0.1) is 0 Å². The minimum absolute atomic E-state index is 0.0311. The lowest BCUT2D eigenvalue weighted by molar-refractivity contribution is -0.161. The Kier molecular flexibility index (Phi) is 73.3. The highest BCUT2D eigenvalue weighted by Crippen LogP contribution is 2.45. The summed E-state index contributed by atoms with van der Waals surface area (Å²) >= 11 is 0. The first-order valence-electron chi connectivity index (χ1n) is 40.8. The van der Waals surface area contributed by atoms with Crippen molar-refractivity contribution in [1.82, 2.24) is 0 Å². The largest absolute Gasteiger partial charge is 0.472 e. The highest BCUT2D eigenvalue weighted by Gasteiger charge is 2.30. The van der Waals surface area contributed by atoms with Crippen molar-refractivity contribution in [1.29, 1.82) is 0 Å². The SMILES string of the molecule is CCC=CCC=CCC=CCC=CCC=CCC=CCCC(=O)OC[C@H](COP(=O)(O)OCC(O)COP(=O)(O)OC[C@@H](COC(=O)CCCCCCCCCC=CCCCCCC)OC(=O)CCCCCCCC=CCCCCCCCC)OC(=O)CCCCCCCC=CCC=CCCCCC. The summed E-state index contributed by atoms with van der Waals surface area (Å²) in [5, 5.41) is 10.6. The summed E-state index contributed by atoms with van der Waals surface area (Å²) in [6.45, 7) is 4.63. The van der Waals surface area contributed by atoms with E-state index in [0.717, 1.165) is 154 Å². The molecule has 0 amide bonds. The number of ether oxygens (including phenoxy) is 4. The van der Waals surface area contributed by atoms with Gasteiger partial charge >= 0.3 is 39.5 Å². The van der Waals surface area contributed by atoms with Gasteiger partial charge in [-0.2, -0.15) is 0 Å². The number of aliphatic hydroxyl groups is 1. The van der Waals surface area contributed by atoms with Crippen molar-refractivity contribution < 1.29 is 80.2 Å². The van der Waals surface area contributed by atoms with Crippen molar-refractivity contribution in [2.24, 2.45) is 0 Å². The van der Waals surface area contributed by atoms with E-state index in [2.05, 4.69) is 131 Å². The maximum Gasteiger partial charge on any atom is 0.472 e. The van der Waals surface area contributed by atoms with Crippen LogP contribution in [0.1, 0.15) is 336 Å². The minimum Gasteiger partial charge on any atom is -0.462 e. The van der Waals surface area contributed by atoms with Crippen LogP contribution >= 0.6 is 15.6 Å². The van der Waals surface area contributed by atoms with E-state index in [4.69, 9.17) is 37.0 Å². The molecule has 0 aromatic heterocycles. The van der Waals surface area contributed by atoms with E-state index in [1.807, 2.05) is 18.2 Å². The number of hydrogen-bond donors (Lipinski definition) is 3. The molecule has 598 valence electrons. The van der Waals surface area contributed by atoms with Crippen LogP contribution in [0, 0.1) is 0 Å². The van der Waals surface area contributed by atoms with Gasteiger partial charge in [0.05, 0.1) is 26.4 Å². The molecule has 0 aliphatic carbocycles. The molecule has 19 heteroatoms. The molecule has 0 fully saturated rings. The molecule has 5 atom stereocenters. The predicted octanol–water partition coefficient (Wildman–Crippen LogP) is 23.9. The van der Waals surface area contributed by atoms with Crippen molar-refractivity contribution in [2.45, 2.75) is 354 Å².